The molecular formula is C12H16O4S. The number of carbonyl (C=O) groups is 1. The van der Waals surface area contributed by atoms with Crippen molar-refractivity contribution in [3.63, 3.8) is 0 Å². The van der Waals surface area contributed by atoms with Crippen molar-refractivity contribution in [2.45, 2.75) is 18.6 Å². The summed E-state index contributed by atoms with van der Waals surface area (Å²) in [5.41, 5.74) is 0.754. The van der Waals surface area contributed by atoms with Crippen molar-refractivity contribution in [3.05, 3.63) is 29.8 Å². The Bertz CT molecular complexity index is 505. The van der Waals surface area contributed by atoms with Gasteiger partial charge in [0.1, 0.15) is 11.0 Å². The topological polar surface area (TPSA) is 60.4 Å². The lowest BCUT2D eigenvalue weighted by Crippen LogP contribution is -2.27. The van der Waals surface area contributed by atoms with E-state index in [4.69, 9.17) is 4.74 Å². The van der Waals surface area contributed by atoms with E-state index in [1.54, 1.807) is 31.4 Å². The van der Waals surface area contributed by atoms with E-state index >= 15 is 0 Å². The molecule has 1 aromatic carbocycles. The molecule has 0 fully saturated rings. The minimum Gasteiger partial charge on any atom is -0.497 e. The van der Waals surface area contributed by atoms with Crippen molar-refractivity contribution in [3.8, 4) is 5.75 Å². The van der Waals surface area contributed by atoms with Gasteiger partial charge in [-0.25, -0.2) is 8.42 Å². The van der Waals surface area contributed by atoms with E-state index in [1.165, 1.54) is 6.92 Å². The van der Waals surface area contributed by atoms with Crippen molar-refractivity contribution in [2.24, 2.45) is 0 Å². The van der Waals surface area contributed by atoms with Crippen molar-refractivity contribution in [2.75, 3.05) is 13.4 Å². The van der Waals surface area contributed by atoms with Crippen LogP contribution < -0.4 is 4.74 Å². The highest BCUT2D eigenvalue weighted by molar-refractivity contribution is 7.92. The SMILES string of the molecule is COc1cccc(CC(=O)C(C)S(C)(=O)=O)c1. The Morgan fingerprint density at radius 3 is 2.59 bits per heavy atom. The van der Waals surface area contributed by atoms with Gasteiger partial charge in [-0.1, -0.05) is 12.1 Å². The molecule has 1 unspecified atom stereocenters. The number of rotatable bonds is 5. The molecular weight excluding hydrogens is 240 g/mol. The summed E-state index contributed by atoms with van der Waals surface area (Å²) in [7, 11) is -1.78. The Hall–Kier alpha value is -1.36. The van der Waals surface area contributed by atoms with Crippen molar-refractivity contribution < 1.29 is 17.9 Å². The molecule has 0 heterocycles. The molecule has 0 aliphatic heterocycles. The second kappa shape index (κ2) is 5.31. The molecule has 0 amide bonds. The predicted molar refractivity (Wildman–Crippen MR) is 66.0 cm³/mol. The van der Waals surface area contributed by atoms with Crippen molar-refractivity contribution in [1.29, 1.82) is 0 Å². The van der Waals surface area contributed by atoms with Crippen molar-refractivity contribution >= 4 is 15.6 Å². The summed E-state index contributed by atoms with van der Waals surface area (Å²) in [5, 5.41) is -0.964. The van der Waals surface area contributed by atoms with E-state index in [2.05, 4.69) is 0 Å². The number of hydrogen-bond donors (Lipinski definition) is 0. The molecule has 0 aliphatic rings. The highest BCUT2D eigenvalue weighted by Gasteiger charge is 2.23. The molecule has 0 aliphatic carbocycles. The lowest BCUT2D eigenvalue weighted by atomic mass is 10.1. The van der Waals surface area contributed by atoms with Gasteiger partial charge in [0.05, 0.1) is 7.11 Å². The molecule has 0 N–H and O–H groups in total. The molecule has 0 spiro atoms. The fourth-order valence-corrected chi connectivity index (χ4v) is 1.93. The Labute approximate surface area is 102 Å². The first-order valence-corrected chi connectivity index (χ1v) is 7.14. The molecule has 1 rings (SSSR count). The summed E-state index contributed by atoms with van der Waals surface area (Å²) in [6.07, 6.45) is 1.17. The largest absolute Gasteiger partial charge is 0.497 e. The molecule has 5 heteroatoms. The number of hydrogen-bond acceptors (Lipinski definition) is 4. The minimum absolute atomic E-state index is 0.103. The van der Waals surface area contributed by atoms with Gasteiger partial charge in [0, 0.05) is 12.7 Å². The normalized spacial score (nSPS) is 13.1. The van der Waals surface area contributed by atoms with Crippen LogP contribution >= 0.6 is 0 Å². The first-order chi connectivity index (χ1) is 7.84. The average Bonchev–Trinajstić information content (AvgIpc) is 2.27. The number of methoxy groups -OCH3 is 1. The maximum atomic E-state index is 11.7. The third-order valence-electron chi connectivity index (χ3n) is 2.61. The summed E-state index contributed by atoms with van der Waals surface area (Å²) < 4.78 is 27.5. The Balaban J connectivity index is 2.81. The van der Waals surface area contributed by atoms with Crippen LogP contribution in [0.2, 0.25) is 0 Å². The van der Waals surface area contributed by atoms with E-state index in [0.29, 0.717) is 5.75 Å². The summed E-state index contributed by atoms with van der Waals surface area (Å²) in [6.45, 7) is 1.41. The fourth-order valence-electron chi connectivity index (χ4n) is 1.37. The van der Waals surface area contributed by atoms with Crippen LogP contribution in [0.5, 0.6) is 5.75 Å². The first kappa shape index (κ1) is 13.7. The third kappa shape index (κ3) is 3.85. The molecule has 0 saturated heterocycles. The minimum atomic E-state index is -3.32. The number of ketones is 1. The number of ether oxygens (including phenoxy) is 1. The van der Waals surface area contributed by atoms with Crippen LogP contribution in [-0.2, 0) is 21.1 Å². The van der Waals surface area contributed by atoms with Gasteiger partial charge in [0.25, 0.3) is 0 Å². The van der Waals surface area contributed by atoms with Gasteiger partial charge < -0.3 is 4.74 Å². The fraction of sp³-hybridized carbons (Fsp3) is 0.417. The second-order valence-corrected chi connectivity index (χ2v) is 6.33. The van der Waals surface area contributed by atoms with Gasteiger partial charge in [-0.3, -0.25) is 4.79 Å². The number of Topliss-reactive ketones (excluding diaryl/α,β-unsaturated/α-hetero) is 1. The summed E-state index contributed by atoms with van der Waals surface area (Å²) in [5.74, 6) is 0.350. The van der Waals surface area contributed by atoms with Crippen LogP contribution in [0, 0.1) is 0 Å². The van der Waals surface area contributed by atoms with Crippen LogP contribution in [-0.4, -0.2) is 32.8 Å². The highest BCUT2D eigenvalue weighted by atomic mass is 32.2. The quantitative estimate of drug-likeness (QED) is 0.795. The molecule has 0 saturated carbocycles. The van der Waals surface area contributed by atoms with Gasteiger partial charge in [0.15, 0.2) is 15.6 Å². The van der Waals surface area contributed by atoms with Gasteiger partial charge in [-0.2, -0.15) is 0 Å². The van der Waals surface area contributed by atoms with E-state index in [9.17, 15) is 13.2 Å². The molecule has 17 heavy (non-hydrogen) atoms. The first-order valence-electron chi connectivity index (χ1n) is 5.19. The standard InChI is InChI=1S/C12H16O4S/c1-9(17(3,14)15)12(13)8-10-5-4-6-11(7-10)16-2/h4-7,9H,8H2,1-3H3. The van der Waals surface area contributed by atoms with Crippen LogP contribution in [0.15, 0.2) is 24.3 Å². The summed E-state index contributed by atoms with van der Waals surface area (Å²) in [4.78, 5) is 11.7. The van der Waals surface area contributed by atoms with E-state index in [1.807, 2.05) is 0 Å². The van der Waals surface area contributed by atoms with Gasteiger partial charge in [0.2, 0.25) is 0 Å². The number of sulfone groups is 1. The average molecular weight is 256 g/mol. The van der Waals surface area contributed by atoms with Gasteiger partial charge in [-0.05, 0) is 24.6 Å². The molecule has 1 atom stereocenters. The van der Waals surface area contributed by atoms with Crippen molar-refractivity contribution in [1.82, 2.24) is 0 Å². The van der Waals surface area contributed by atoms with Gasteiger partial charge in [-0.15, -0.1) is 0 Å². The summed E-state index contributed by atoms with van der Waals surface area (Å²) >= 11 is 0. The lowest BCUT2D eigenvalue weighted by Gasteiger charge is -2.08. The smallest absolute Gasteiger partial charge is 0.157 e. The third-order valence-corrected chi connectivity index (χ3v) is 4.16. The number of carbonyl (C=O) groups excluding carboxylic acids is 1. The molecule has 4 nitrogen and oxygen atoms in total. The number of benzene rings is 1. The van der Waals surface area contributed by atoms with Crippen LogP contribution in [0.1, 0.15) is 12.5 Å². The lowest BCUT2D eigenvalue weighted by molar-refractivity contribution is -0.117. The zero-order chi connectivity index (χ0) is 13.1. The maximum absolute atomic E-state index is 11.7. The Morgan fingerprint density at radius 2 is 2.06 bits per heavy atom. The highest BCUT2D eigenvalue weighted by Crippen LogP contribution is 2.14. The molecule has 0 bridgehead atoms. The van der Waals surface area contributed by atoms with Crippen LogP contribution in [0.4, 0.5) is 0 Å². The van der Waals surface area contributed by atoms with E-state index in [-0.39, 0.29) is 12.2 Å². The van der Waals surface area contributed by atoms with E-state index in [0.717, 1.165) is 11.8 Å². The van der Waals surface area contributed by atoms with Crippen LogP contribution in [0.3, 0.4) is 0 Å². The maximum Gasteiger partial charge on any atom is 0.157 e. The molecule has 94 valence electrons. The Kier molecular flexibility index (Phi) is 4.28. The van der Waals surface area contributed by atoms with E-state index < -0.39 is 15.1 Å². The zero-order valence-electron chi connectivity index (χ0n) is 10.1. The summed E-state index contributed by atoms with van der Waals surface area (Å²) in [6, 6.07) is 7.04. The molecule has 0 aromatic heterocycles. The monoisotopic (exact) mass is 256 g/mol. The predicted octanol–water partition coefficient (Wildman–Crippen LogP) is 1.24. The second-order valence-electron chi connectivity index (χ2n) is 3.97. The zero-order valence-corrected chi connectivity index (χ0v) is 11.0. The molecule has 0 radical (unpaired) electrons. The van der Waals surface area contributed by atoms with Crippen LogP contribution in [0.25, 0.3) is 0 Å². The Morgan fingerprint density at radius 1 is 1.41 bits per heavy atom. The molecule has 1 aromatic rings. The van der Waals surface area contributed by atoms with Gasteiger partial charge >= 0.3 is 0 Å².